The third-order valence-corrected chi connectivity index (χ3v) is 6.95. The second kappa shape index (κ2) is 9.41. The van der Waals surface area contributed by atoms with E-state index < -0.39 is 24.0 Å². The zero-order valence-electron chi connectivity index (χ0n) is 21.6. The number of fused-ring (bicyclic) bond motifs is 1. The molecular formula is C26H33F4N5O2. The number of ether oxygens (including phenoxy) is 1. The second-order valence-electron chi connectivity index (χ2n) is 11.2. The maximum absolute atomic E-state index is 13.3. The van der Waals surface area contributed by atoms with Crippen molar-refractivity contribution in [2.75, 3.05) is 12.4 Å². The van der Waals surface area contributed by atoms with Gasteiger partial charge in [-0.15, -0.1) is 0 Å². The molecular weight excluding hydrogens is 490 g/mol. The number of hydrogen-bond donors (Lipinski definition) is 4. The summed E-state index contributed by atoms with van der Waals surface area (Å²) < 4.78 is 58.0. The molecule has 0 radical (unpaired) electrons. The van der Waals surface area contributed by atoms with E-state index in [2.05, 4.69) is 15.6 Å². The third-order valence-electron chi connectivity index (χ3n) is 6.95. The molecule has 0 saturated heterocycles. The molecule has 37 heavy (non-hydrogen) atoms. The lowest BCUT2D eigenvalue weighted by atomic mass is 9.76. The summed E-state index contributed by atoms with van der Waals surface area (Å²) in [6, 6.07) is 4.43. The van der Waals surface area contributed by atoms with Crippen LogP contribution in [0.4, 0.5) is 23.2 Å². The zero-order valence-corrected chi connectivity index (χ0v) is 21.6. The number of aliphatic hydroxyl groups is 1. The number of nitrogens with zero attached hydrogens (tertiary/aromatic N) is 2. The smallest absolute Gasteiger partial charge is 0.288 e. The summed E-state index contributed by atoms with van der Waals surface area (Å²) in [4.78, 5) is 8.93. The number of alkyl halides is 4. The van der Waals surface area contributed by atoms with Gasteiger partial charge in [-0.25, -0.2) is 22.5 Å². The molecule has 2 aliphatic carbocycles. The lowest BCUT2D eigenvalue weighted by molar-refractivity contribution is -0.154. The number of amidine groups is 1. The van der Waals surface area contributed by atoms with E-state index in [4.69, 9.17) is 15.1 Å². The molecule has 4 N–H and O–H groups in total. The van der Waals surface area contributed by atoms with Gasteiger partial charge in [0.05, 0.1) is 5.52 Å². The average molecular weight is 524 g/mol. The van der Waals surface area contributed by atoms with Crippen LogP contribution in [0.15, 0.2) is 23.2 Å². The standard InChI is InChI=1S/C26H33F4N5O2/c1-13-6-19(21(32-5)37-23(31)34-15-9-25(36,10-15)22(27)28)35-20-17(13)7-14(8-18(20)24(2,3)4)33-16-11-26(29,30)12-16/h6-8,15-16,22,33,36H,9-12H2,1-5H3,(H2,31,34)/b32-21-/t15-,25+. The lowest BCUT2D eigenvalue weighted by Gasteiger charge is -2.43. The van der Waals surface area contributed by atoms with Gasteiger partial charge in [-0.05, 0) is 41.7 Å². The fourth-order valence-corrected chi connectivity index (χ4v) is 4.85. The highest BCUT2D eigenvalue weighted by molar-refractivity contribution is 6.02. The van der Waals surface area contributed by atoms with E-state index in [0.29, 0.717) is 11.2 Å². The van der Waals surface area contributed by atoms with Gasteiger partial charge < -0.3 is 20.5 Å². The largest absolute Gasteiger partial charge is 0.405 e. The first-order valence-corrected chi connectivity index (χ1v) is 12.2. The molecule has 0 amide bonds. The Kier molecular flexibility index (Phi) is 6.89. The number of benzene rings is 1. The molecule has 11 heteroatoms. The van der Waals surface area contributed by atoms with Crippen LogP contribution in [0.5, 0.6) is 0 Å². The molecule has 1 aromatic carbocycles. The van der Waals surface area contributed by atoms with Crippen LogP contribution < -0.4 is 10.6 Å². The molecule has 0 unspecified atom stereocenters. The Morgan fingerprint density at radius 2 is 1.81 bits per heavy atom. The van der Waals surface area contributed by atoms with E-state index in [-0.39, 0.29) is 49.1 Å². The third kappa shape index (κ3) is 5.66. The Morgan fingerprint density at radius 3 is 2.35 bits per heavy atom. The number of aliphatic imine (C=N–C) groups is 1. The van der Waals surface area contributed by atoms with Gasteiger partial charge in [0.2, 0.25) is 5.90 Å². The SMILES string of the molecule is C/N=C(\OC(=N)N[C@H]1C[C@](O)(C(F)F)C1)c1cc(C)c2cc(NC3CC(F)(F)C3)cc(C(C)(C)C)c2n1. The minimum atomic E-state index is -2.85. The van der Waals surface area contributed by atoms with Crippen LogP contribution in [-0.2, 0) is 10.2 Å². The maximum atomic E-state index is 13.3. The number of hydrogen-bond acceptors (Lipinski definition) is 6. The highest BCUT2D eigenvalue weighted by atomic mass is 19.3. The van der Waals surface area contributed by atoms with Crippen molar-refractivity contribution in [1.82, 2.24) is 10.3 Å². The molecule has 2 fully saturated rings. The number of pyridine rings is 1. The Hall–Kier alpha value is -2.95. The van der Waals surface area contributed by atoms with Crippen molar-refractivity contribution in [2.24, 2.45) is 4.99 Å². The van der Waals surface area contributed by atoms with Crippen molar-refractivity contribution in [1.29, 1.82) is 5.41 Å². The van der Waals surface area contributed by atoms with Crippen molar-refractivity contribution in [3.05, 3.63) is 35.0 Å². The predicted octanol–water partition coefficient (Wildman–Crippen LogP) is 5.13. The number of nitrogens with one attached hydrogen (secondary N) is 3. The van der Waals surface area contributed by atoms with Crippen molar-refractivity contribution >= 4 is 28.5 Å². The molecule has 2 aromatic rings. The number of rotatable bonds is 5. The van der Waals surface area contributed by atoms with Crippen molar-refractivity contribution in [2.45, 2.75) is 88.8 Å². The van der Waals surface area contributed by atoms with E-state index >= 15 is 0 Å². The first-order chi connectivity index (χ1) is 17.1. The molecule has 4 rings (SSSR count). The second-order valence-corrected chi connectivity index (χ2v) is 11.2. The van der Waals surface area contributed by atoms with Crippen LogP contribution in [0, 0.1) is 12.3 Å². The van der Waals surface area contributed by atoms with Gasteiger partial charge in [0.15, 0.2) is 0 Å². The van der Waals surface area contributed by atoms with E-state index in [9.17, 15) is 22.7 Å². The summed E-state index contributed by atoms with van der Waals surface area (Å²) in [6.07, 6.45) is -3.61. The number of halogens is 4. The summed E-state index contributed by atoms with van der Waals surface area (Å²) >= 11 is 0. The summed E-state index contributed by atoms with van der Waals surface area (Å²) in [6.45, 7) is 8.02. The van der Waals surface area contributed by atoms with Crippen molar-refractivity contribution < 1.29 is 27.4 Å². The Morgan fingerprint density at radius 1 is 1.16 bits per heavy atom. The van der Waals surface area contributed by atoms with Crippen LogP contribution in [0.2, 0.25) is 0 Å². The van der Waals surface area contributed by atoms with Crippen LogP contribution in [-0.4, -0.2) is 59.1 Å². The van der Waals surface area contributed by atoms with E-state index in [0.717, 1.165) is 22.2 Å². The fraction of sp³-hybridized carbons (Fsp3) is 0.577. The van der Waals surface area contributed by atoms with Gasteiger partial charge >= 0.3 is 0 Å². The molecule has 2 aliphatic rings. The quantitative estimate of drug-likeness (QED) is 0.247. The average Bonchev–Trinajstić information content (AvgIpc) is 2.74. The predicted molar refractivity (Wildman–Crippen MR) is 135 cm³/mol. The number of aromatic nitrogens is 1. The molecule has 7 nitrogen and oxygen atoms in total. The Labute approximate surface area is 213 Å². The van der Waals surface area contributed by atoms with Crippen LogP contribution in [0.3, 0.4) is 0 Å². The highest BCUT2D eigenvalue weighted by Gasteiger charge is 2.50. The molecule has 0 bridgehead atoms. The topological polar surface area (TPSA) is 103 Å². The molecule has 2 saturated carbocycles. The monoisotopic (exact) mass is 523 g/mol. The number of aryl methyl sites for hydroxylation is 1. The minimum absolute atomic E-state index is 0.0738. The summed E-state index contributed by atoms with van der Waals surface area (Å²) in [7, 11) is 1.49. The van der Waals surface area contributed by atoms with Gasteiger partial charge in [-0.1, -0.05) is 20.8 Å². The van der Waals surface area contributed by atoms with Crippen molar-refractivity contribution in [3.8, 4) is 0 Å². The molecule has 202 valence electrons. The van der Waals surface area contributed by atoms with Crippen LogP contribution >= 0.6 is 0 Å². The van der Waals surface area contributed by atoms with Gasteiger partial charge in [0.1, 0.15) is 11.3 Å². The Balaban J connectivity index is 1.57. The van der Waals surface area contributed by atoms with Gasteiger partial charge in [-0.3, -0.25) is 10.4 Å². The molecule has 0 aliphatic heterocycles. The van der Waals surface area contributed by atoms with E-state index in [1.54, 1.807) is 6.07 Å². The first-order valence-electron chi connectivity index (χ1n) is 12.2. The molecule has 0 atom stereocenters. The van der Waals surface area contributed by atoms with E-state index in [1.807, 2.05) is 39.8 Å². The summed E-state index contributed by atoms with van der Waals surface area (Å²) in [5, 5.41) is 24.6. The lowest BCUT2D eigenvalue weighted by Crippen LogP contribution is -2.59. The highest BCUT2D eigenvalue weighted by Crippen LogP contribution is 2.41. The van der Waals surface area contributed by atoms with Crippen LogP contribution in [0.1, 0.15) is 63.3 Å². The van der Waals surface area contributed by atoms with Gasteiger partial charge in [0.25, 0.3) is 18.4 Å². The van der Waals surface area contributed by atoms with Gasteiger partial charge in [-0.2, -0.15) is 0 Å². The molecule has 0 spiro atoms. The minimum Gasteiger partial charge on any atom is -0.405 e. The van der Waals surface area contributed by atoms with Crippen molar-refractivity contribution in [3.63, 3.8) is 0 Å². The summed E-state index contributed by atoms with van der Waals surface area (Å²) in [5.41, 5.74) is 1.27. The normalized spacial score (nSPS) is 24.0. The maximum Gasteiger partial charge on any atom is 0.288 e. The molecule has 1 aromatic heterocycles. The first kappa shape index (κ1) is 27.1. The fourth-order valence-electron chi connectivity index (χ4n) is 4.85. The van der Waals surface area contributed by atoms with E-state index in [1.165, 1.54) is 7.05 Å². The Bertz CT molecular complexity index is 1230. The summed E-state index contributed by atoms with van der Waals surface area (Å²) in [5.74, 6) is -2.54. The molecule has 1 heterocycles. The zero-order chi connectivity index (χ0) is 27.3. The van der Waals surface area contributed by atoms with Crippen LogP contribution in [0.25, 0.3) is 10.9 Å². The van der Waals surface area contributed by atoms with Gasteiger partial charge in [0, 0.05) is 55.9 Å². The number of anilines is 1.